The van der Waals surface area contributed by atoms with Crippen LogP contribution in [0.15, 0.2) is 0 Å². The Morgan fingerprint density at radius 1 is 1.05 bits per heavy atom. The summed E-state index contributed by atoms with van der Waals surface area (Å²) >= 11 is 2.14. The molecule has 3 atom stereocenters. The molecule has 2 rings (SSSR count). The van der Waals surface area contributed by atoms with E-state index in [1.807, 2.05) is 0 Å². The first-order valence-electron chi connectivity index (χ1n) is 8.40. The Morgan fingerprint density at radius 3 is 2.19 bits per heavy atom. The van der Waals surface area contributed by atoms with Gasteiger partial charge in [-0.25, -0.2) is 0 Å². The summed E-state index contributed by atoms with van der Waals surface area (Å²) in [5, 5.41) is 1.30. The van der Waals surface area contributed by atoms with Crippen molar-refractivity contribution in [3.05, 3.63) is 28.1 Å². The lowest BCUT2D eigenvalue weighted by molar-refractivity contribution is 0.461. The van der Waals surface area contributed by atoms with Crippen molar-refractivity contribution < 1.29 is 0 Å². The molecule has 1 aliphatic rings. The molecule has 1 unspecified atom stereocenters. The number of hydrogen-bond acceptors (Lipinski definition) is 2. The van der Waals surface area contributed by atoms with E-state index >= 15 is 0 Å². The minimum absolute atomic E-state index is 0.505. The molecule has 0 saturated carbocycles. The summed E-state index contributed by atoms with van der Waals surface area (Å²) in [5.74, 6) is 1.83. The van der Waals surface area contributed by atoms with Gasteiger partial charge in [0.15, 0.2) is 0 Å². The second-order valence-electron chi connectivity index (χ2n) is 7.36. The van der Waals surface area contributed by atoms with E-state index < -0.39 is 0 Å². The van der Waals surface area contributed by atoms with Crippen molar-refractivity contribution in [3.8, 4) is 0 Å². The number of aryl methyl sites for hydroxylation is 1. The van der Waals surface area contributed by atoms with E-state index in [9.17, 15) is 0 Å². The Hall–Kier alpha value is -0.500. The van der Waals surface area contributed by atoms with Crippen LogP contribution in [0.5, 0.6) is 0 Å². The van der Waals surface area contributed by atoms with Crippen molar-refractivity contribution in [1.82, 2.24) is 4.98 Å². The maximum atomic E-state index is 5.01. The minimum atomic E-state index is 0.505. The average molecular weight is 306 g/mol. The van der Waals surface area contributed by atoms with Gasteiger partial charge >= 0.3 is 0 Å². The normalized spacial score (nSPS) is 26.1. The Balaban J connectivity index is 2.77. The third kappa shape index (κ3) is 3.16. The Kier molecular flexibility index (Phi) is 5.07. The standard InChI is InChI=1S/C19H31NS/c1-10(2)16-9-12(5)21-15(8)17-13(6)14(7)20-19(11(3)4)18(16)17/h10-12,15-16H,9H2,1-8H3/t12-,15+,16?/m0/s1. The molecule has 0 aliphatic carbocycles. The van der Waals surface area contributed by atoms with Crippen LogP contribution in [0.1, 0.15) is 93.1 Å². The molecule has 1 aliphatic heterocycles. The molecule has 1 nitrogen and oxygen atoms in total. The molecule has 0 fully saturated rings. The van der Waals surface area contributed by atoms with E-state index in [0.29, 0.717) is 23.0 Å². The van der Waals surface area contributed by atoms with Crippen molar-refractivity contribution >= 4 is 11.8 Å². The van der Waals surface area contributed by atoms with Crippen molar-refractivity contribution in [2.45, 2.75) is 84.1 Å². The monoisotopic (exact) mass is 305 g/mol. The third-order valence-corrected chi connectivity index (χ3v) is 6.25. The highest BCUT2D eigenvalue weighted by Gasteiger charge is 2.33. The molecule has 2 heterocycles. The molecule has 1 aromatic rings. The number of hydrogen-bond donors (Lipinski definition) is 0. The number of thioether (sulfide) groups is 1. The van der Waals surface area contributed by atoms with Crippen LogP contribution in [0, 0.1) is 19.8 Å². The van der Waals surface area contributed by atoms with Gasteiger partial charge in [0.2, 0.25) is 0 Å². The first-order valence-corrected chi connectivity index (χ1v) is 9.34. The predicted octanol–water partition coefficient (Wildman–Crippen LogP) is 6.15. The van der Waals surface area contributed by atoms with Gasteiger partial charge in [0.1, 0.15) is 0 Å². The SMILES string of the molecule is Cc1nc(C(C)C)c2c(c1C)[C@@H](C)S[C@@H](C)CC2C(C)C. The fourth-order valence-corrected chi connectivity index (χ4v) is 5.22. The zero-order chi connectivity index (χ0) is 15.9. The fourth-order valence-electron chi connectivity index (χ4n) is 3.77. The first kappa shape index (κ1) is 16.9. The van der Waals surface area contributed by atoms with E-state index in [-0.39, 0.29) is 0 Å². The van der Waals surface area contributed by atoms with Crippen molar-refractivity contribution in [2.75, 3.05) is 0 Å². The topological polar surface area (TPSA) is 12.9 Å². The molecule has 21 heavy (non-hydrogen) atoms. The third-order valence-electron chi connectivity index (χ3n) is 4.95. The van der Waals surface area contributed by atoms with Gasteiger partial charge in [-0.05, 0) is 61.6 Å². The Bertz CT molecular complexity index is 519. The molecule has 0 spiro atoms. The number of nitrogens with zero attached hydrogens (tertiary/aromatic N) is 1. The second-order valence-corrected chi connectivity index (χ2v) is 9.15. The van der Waals surface area contributed by atoms with E-state index in [0.717, 1.165) is 5.25 Å². The summed E-state index contributed by atoms with van der Waals surface area (Å²) < 4.78 is 0. The van der Waals surface area contributed by atoms with E-state index in [4.69, 9.17) is 4.98 Å². The van der Waals surface area contributed by atoms with Gasteiger partial charge in [0, 0.05) is 21.9 Å². The zero-order valence-corrected chi connectivity index (χ0v) is 15.8. The van der Waals surface area contributed by atoms with Crippen LogP contribution in [0.4, 0.5) is 0 Å². The number of rotatable bonds is 2. The summed E-state index contributed by atoms with van der Waals surface area (Å²) in [6.07, 6.45) is 1.28. The number of aromatic nitrogens is 1. The van der Waals surface area contributed by atoms with Crippen molar-refractivity contribution in [3.63, 3.8) is 0 Å². The van der Waals surface area contributed by atoms with Gasteiger partial charge in [-0.2, -0.15) is 11.8 Å². The first-order chi connectivity index (χ1) is 9.73. The lowest BCUT2D eigenvalue weighted by Gasteiger charge is -2.28. The highest BCUT2D eigenvalue weighted by molar-refractivity contribution is 8.00. The number of pyridine rings is 1. The lowest BCUT2D eigenvalue weighted by Crippen LogP contribution is -2.17. The van der Waals surface area contributed by atoms with E-state index in [1.54, 1.807) is 11.1 Å². The van der Waals surface area contributed by atoms with Gasteiger partial charge in [0.25, 0.3) is 0 Å². The summed E-state index contributed by atoms with van der Waals surface area (Å²) in [7, 11) is 0. The molecule has 0 bridgehead atoms. The molecule has 0 amide bonds. The largest absolute Gasteiger partial charge is 0.257 e. The second kappa shape index (κ2) is 6.32. The summed E-state index contributed by atoms with van der Waals surface area (Å²) in [4.78, 5) is 5.01. The maximum absolute atomic E-state index is 5.01. The molecule has 0 saturated heterocycles. The minimum Gasteiger partial charge on any atom is -0.257 e. The van der Waals surface area contributed by atoms with Crippen molar-refractivity contribution in [2.24, 2.45) is 5.92 Å². The van der Waals surface area contributed by atoms with Gasteiger partial charge in [-0.1, -0.05) is 34.6 Å². The maximum Gasteiger partial charge on any atom is 0.0470 e. The smallest absolute Gasteiger partial charge is 0.0470 e. The lowest BCUT2D eigenvalue weighted by atomic mass is 9.78. The summed E-state index contributed by atoms with van der Waals surface area (Å²) in [6, 6.07) is 0. The van der Waals surface area contributed by atoms with Gasteiger partial charge in [-0.3, -0.25) is 4.98 Å². The molecule has 0 aromatic carbocycles. The van der Waals surface area contributed by atoms with Crippen LogP contribution in [0.3, 0.4) is 0 Å². The van der Waals surface area contributed by atoms with Crippen LogP contribution in [0.2, 0.25) is 0 Å². The van der Waals surface area contributed by atoms with Crippen LogP contribution in [0.25, 0.3) is 0 Å². The Labute approximate surface area is 135 Å². The highest BCUT2D eigenvalue weighted by Crippen LogP contribution is 2.49. The number of fused-ring (bicyclic) bond motifs is 1. The molecule has 0 N–H and O–H groups in total. The molecule has 118 valence electrons. The predicted molar refractivity (Wildman–Crippen MR) is 95.5 cm³/mol. The molecule has 1 aromatic heterocycles. The molecule has 0 radical (unpaired) electrons. The van der Waals surface area contributed by atoms with Gasteiger partial charge < -0.3 is 0 Å². The fraction of sp³-hybridized carbons (Fsp3) is 0.737. The van der Waals surface area contributed by atoms with Crippen LogP contribution < -0.4 is 0 Å². The highest BCUT2D eigenvalue weighted by atomic mass is 32.2. The van der Waals surface area contributed by atoms with Gasteiger partial charge in [-0.15, -0.1) is 0 Å². The summed E-state index contributed by atoms with van der Waals surface area (Å²) in [6.45, 7) is 18.6. The summed E-state index contributed by atoms with van der Waals surface area (Å²) in [5.41, 5.74) is 7.19. The Morgan fingerprint density at radius 2 is 1.67 bits per heavy atom. The van der Waals surface area contributed by atoms with Crippen LogP contribution >= 0.6 is 11.8 Å². The molecular weight excluding hydrogens is 274 g/mol. The molecule has 2 heteroatoms. The van der Waals surface area contributed by atoms with E-state index in [1.165, 1.54) is 23.4 Å². The quantitative estimate of drug-likeness (QED) is 0.650. The van der Waals surface area contributed by atoms with Crippen LogP contribution in [-0.2, 0) is 0 Å². The van der Waals surface area contributed by atoms with Crippen LogP contribution in [-0.4, -0.2) is 10.2 Å². The van der Waals surface area contributed by atoms with Gasteiger partial charge in [0.05, 0.1) is 0 Å². The average Bonchev–Trinajstić information content (AvgIpc) is 2.50. The van der Waals surface area contributed by atoms with Crippen molar-refractivity contribution in [1.29, 1.82) is 0 Å². The zero-order valence-electron chi connectivity index (χ0n) is 14.9. The molecular formula is C19H31NS. The van der Waals surface area contributed by atoms with E-state index in [2.05, 4.69) is 67.2 Å².